The highest BCUT2D eigenvalue weighted by Crippen LogP contribution is 2.39. The first-order valence-corrected chi connectivity index (χ1v) is 7.36. The van der Waals surface area contributed by atoms with Crippen molar-refractivity contribution in [2.45, 2.75) is 37.8 Å². The van der Waals surface area contributed by atoms with E-state index < -0.39 is 0 Å². The first-order chi connectivity index (χ1) is 9.71. The third kappa shape index (κ3) is 3.19. The summed E-state index contributed by atoms with van der Waals surface area (Å²) >= 11 is 6.40. The maximum absolute atomic E-state index is 9.66. The number of aliphatic hydroxyl groups excluding tert-OH is 1. The number of ether oxygens (including phenoxy) is 2. The molecule has 1 saturated carbocycles. The Labute approximate surface area is 125 Å². The quantitative estimate of drug-likeness (QED) is 0.848. The van der Waals surface area contributed by atoms with Crippen LogP contribution in [-0.4, -0.2) is 32.0 Å². The maximum atomic E-state index is 9.66. The van der Waals surface area contributed by atoms with E-state index in [1.807, 2.05) is 12.1 Å². The molecule has 0 spiro atoms. The van der Waals surface area contributed by atoms with Gasteiger partial charge in [0.15, 0.2) is 11.5 Å². The minimum absolute atomic E-state index is 0.00566. The Bertz CT molecular complexity index is 447. The number of hydrogen-bond donors (Lipinski definition) is 2. The monoisotopic (exact) mass is 299 g/mol. The van der Waals surface area contributed by atoms with Crippen LogP contribution >= 0.6 is 11.6 Å². The summed E-state index contributed by atoms with van der Waals surface area (Å²) in [6.07, 6.45) is 4.80. The Morgan fingerprint density at radius 1 is 1.30 bits per heavy atom. The van der Waals surface area contributed by atoms with Crippen LogP contribution in [0.5, 0.6) is 11.5 Å². The van der Waals surface area contributed by atoms with Gasteiger partial charge in [0.05, 0.1) is 31.9 Å². The van der Waals surface area contributed by atoms with Crippen molar-refractivity contribution < 1.29 is 14.6 Å². The van der Waals surface area contributed by atoms with Gasteiger partial charge in [0.1, 0.15) is 0 Å². The number of nitrogens with one attached hydrogen (secondary N) is 1. The summed E-state index contributed by atoms with van der Waals surface area (Å²) in [5, 5.41) is 13.6. The molecule has 0 amide bonds. The first kappa shape index (κ1) is 15.4. The van der Waals surface area contributed by atoms with E-state index in [9.17, 15) is 5.11 Å². The van der Waals surface area contributed by atoms with E-state index in [0.717, 1.165) is 18.4 Å². The van der Waals surface area contributed by atoms with Crippen LogP contribution in [0.2, 0.25) is 5.02 Å². The zero-order valence-electron chi connectivity index (χ0n) is 12.0. The molecule has 1 aromatic rings. The maximum Gasteiger partial charge on any atom is 0.179 e. The topological polar surface area (TPSA) is 50.7 Å². The van der Waals surface area contributed by atoms with E-state index in [0.29, 0.717) is 22.6 Å². The van der Waals surface area contributed by atoms with Gasteiger partial charge in [0, 0.05) is 6.04 Å². The molecule has 2 rings (SSSR count). The lowest BCUT2D eigenvalue weighted by Crippen LogP contribution is -2.33. The summed E-state index contributed by atoms with van der Waals surface area (Å²) in [5.74, 6) is 1.11. The van der Waals surface area contributed by atoms with E-state index in [4.69, 9.17) is 21.1 Å². The van der Waals surface area contributed by atoms with Crippen LogP contribution in [0.15, 0.2) is 12.1 Å². The van der Waals surface area contributed by atoms with Gasteiger partial charge in [-0.05, 0) is 24.5 Å². The zero-order valence-corrected chi connectivity index (χ0v) is 12.7. The molecule has 0 radical (unpaired) electrons. The first-order valence-electron chi connectivity index (χ1n) is 6.98. The van der Waals surface area contributed by atoms with E-state index >= 15 is 0 Å². The third-order valence-electron chi connectivity index (χ3n) is 3.86. The van der Waals surface area contributed by atoms with Crippen LogP contribution in [0.3, 0.4) is 0 Å². The van der Waals surface area contributed by atoms with E-state index in [1.54, 1.807) is 14.2 Å². The molecule has 4 nitrogen and oxygen atoms in total. The zero-order chi connectivity index (χ0) is 14.5. The Balaban J connectivity index is 2.24. The summed E-state index contributed by atoms with van der Waals surface area (Å²) in [6.45, 7) is 0.00566. The lowest BCUT2D eigenvalue weighted by Gasteiger charge is -2.23. The predicted octanol–water partition coefficient (Wildman–Crippen LogP) is 2.92. The molecule has 0 bridgehead atoms. The van der Waals surface area contributed by atoms with Gasteiger partial charge in [-0.15, -0.1) is 0 Å². The van der Waals surface area contributed by atoms with Gasteiger partial charge in [0.2, 0.25) is 0 Å². The molecule has 1 fully saturated rings. The van der Waals surface area contributed by atoms with E-state index in [1.165, 1.54) is 12.8 Å². The summed E-state index contributed by atoms with van der Waals surface area (Å²) < 4.78 is 10.5. The molecular formula is C15H22ClNO3. The van der Waals surface area contributed by atoms with Gasteiger partial charge in [-0.2, -0.15) is 0 Å². The third-order valence-corrected chi connectivity index (χ3v) is 4.25. The average Bonchev–Trinajstić information content (AvgIpc) is 2.97. The summed E-state index contributed by atoms with van der Waals surface area (Å²) in [6, 6.07) is 3.98. The molecule has 0 aliphatic heterocycles. The Morgan fingerprint density at radius 2 is 2.00 bits per heavy atom. The van der Waals surface area contributed by atoms with Crippen LogP contribution in [0.1, 0.15) is 37.3 Å². The van der Waals surface area contributed by atoms with Crippen molar-refractivity contribution in [2.24, 2.45) is 0 Å². The second-order valence-corrected chi connectivity index (χ2v) is 5.47. The van der Waals surface area contributed by atoms with Crippen molar-refractivity contribution in [1.29, 1.82) is 0 Å². The second kappa shape index (κ2) is 7.16. The van der Waals surface area contributed by atoms with Crippen LogP contribution in [0, 0.1) is 0 Å². The number of rotatable bonds is 6. The molecule has 1 aromatic carbocycles. The van der Waals surface area contributed by atoms with Crippen molar-refractivity contribution in [3.8, 4) is 11.5 Å². The molecule has 1 atom stereocenters. The number of hydrogen-bond acceptors (Lipinski definition) is 4. The Kier molecular flexibility index (Phi) is 5.52. The smallest absolute Gasteiger partial charge is 0.179 e. The molecule has 20 heavy (non-hydrogen) atoms. The normalized spacial score (nSPS) is 17.2. The lowest BCUT2D eigenvalue weighted by molar-refractivity contribution is 0.232. The fourth-order valence-electron chi connectivity index (χ4n) is 2.79. The summed E-state index contributed by atoms with van der Waals surface area (Å²) in [5.41, 5.74) is 0.846. The molecule has 5 heteroatoms. The molecular weight excluding hydrogens is 278 g/mol. The minimum Gasteiger partial charge on any atom is -0.493 e. The van der Waals surface area contributed by atoms with Crippen molar-refractivity contribution in [3.05, 3.63) is 22.7 Å². The van der Waals surface area contributed by atoms with Crippen molar-refractivity contribution in [2.75, 3.05) is 20.8 Å². The van der Waals surface area contributed by atoms with Crippen molar-refractivity contribution in [3.63, 3.8) is 0 Å². The second-order valence-electron chi connectivity index (χ2n) is 5.09. The van der Waals surface area contributed by atoms with Gasteiger partial charge >= 0.3 is 0 Å². The van der Waals surface area contributed by atoms with Crippen LogP contribution in [0.4, 0.5) is 0 Å². The highest BCUT2D eigenvalue weighted by atomic mass is 35.5. The molecule has 2 N–H and O–H groups in total. The summed E-state index contributed by atoms with van der Waals surface area (Å²) in [7, 11) is 3.14. The van der Waals surface area contributed by atoms with Gasteiger partial charge in [-0.1, -0.05) is 30.5 Å². The number of methoxy groups -OCH3 is 2. The lowest BCUT2D eigenvalue weighted by atomic mass is 10.0. The Morgan fingerprint density at radius 3 is 2.55 bits per heavy atom. The Hall–Kier alpha value is -0.970. The summed E-state index contributed by atoms with van der Waals surface area (Å²) in [4.78, 5) is 0. The number of halogens is 1. The van der Waals surface area contributed by atoms with Gasteiger partial charge in [0.25, 0.3) is 0 Å². The largest absolute Gasteiger partial charge is 0.493 e. The van der Waals surface area contributed by atoms with Crippen LogP contribution in [-0.2, 0) is 0 Å². The van der Waals surface area contributed by atoms with Gasteiger partial charge in [-0.25, -0.2) is 0 Å². The highest BCUT2D eigenvalue weighted by molar-refractivity contribution is 6.33. The molecule has 0 saturated heterocycles. The molecule has 0 heterocycles. The molecule has 1 aliphatic rings. The molecule has 0 aromatic heterocycles. The number of benzene rings is 1. The number of aliphatic hydroxyl groups is 1. The SMILES string of the molecule is COc1ccc(C(CO)NC2CCCC2)c(Cl)c1OC. The van der Waals surface area contributed by atoms with E-state index in [2.05, 4.69) is 5.32 Å². The van der Waals surface area contributed by atoms with Crippen molar-refractivity contribution >= 4 is 11.6 Å². The molecule has 112 valence electrons. The predicted molar refractivity (Wildman–Crippen MR) is 79.8 cm³/mol. The standard InChI is InChI=1S/C15H22ClNO3/c1-19-13-8-7-11(14(16)15(13)20-2)12(9-18)17-10-5-3-4-6-10/h7-8,10,12,17-18H,3-6,9H2,1-2H3. The fraction of sp³-hybridized carbons (Fsp3) is 0.600. The molecule has 1 unspecified atom stereocenters. The average molecular weight is 300 g/mol. The van der Waals surface area contributed by atoms with Crippen LogP contribution < -0.4 is 14.8 Å². The van der Waals surface area contributed by atoms with Crippen LogP contribution in [0.25, 0.3) is 0 Å². The van der Waals surface area contributed by atoms with Crippen molar-refractivity contribution in [1.82, 2.24) is 5.32 Å². The molecule has 1 aliphatic carbocycles. The van der Waals surface area contributed by atoms with Gasteiger partial charge in [-0.3, -0.25) is 0 Å². The van der Waals surface area contributed by atoms with E-state index in [-0.39, 0.29) is 12.6 Å². The minimum atomic E-state index is -0.176. The van der Waals surface area contributed by atoms with Gasteiger partial charge < -0.3 is 19.9 Å². The fourth-order valence-corrected chi connectivity index (χ4v) is 3.16. The highest BCUT2D eigenvalue weighted by Gasteiger charge is 2.23.